The van der Waals surface area contributed by atoms with Gasteiger partial charge in [-0.25, -0.2) is 12.8 Å². The molecule has 0 bridgehead atoms. The Labute approximate surface area is 168 Å². The molecule has 0 spiro atoms. The smallest absolute Gasteiger partial charge is 0.252 e. The second-order valence-electron chi connectivity index (χ2n) is 6.41. The zero-order valence-electron chi connectivity index (χ0n) is 15.2. The fraction of sp³-hybridized carbons (Fsp3) is 0.316. The van der Waals surface area contributed by atoms with Crippen molar-refractivity contribution in [3.05, 3.63) is 63.9 Å². The standard InChI is InChI=1S/C19H20ClFN2O4S/c1-27-16-4-2-14-12-23(8-6-13(14)10-16)28(25,26)9-7-22-19(24)17-5-3-15(21)11-18(17)20/h2-5,10-11H,6-9,12H2,1H3,(H,22,24). The van der Waals surface area contributed by atoms with Gasteiger partial charge in [-0.15, -0.1) is 0 Å². The Hall–Kier alpha value is -2.16. The van der Waals surface area contributed by atoms with Crippen molar-refractivity contribution in [1.82, 2.24) is 9.62 Å². The van der Waals surface area contributed by atoms with Crippen LogP contribution in [0.15, 0.2) is 36.4 Å². The maximum absolute atomic E-state index is 13.1. The Kier molecular flexibility index (Phi) is 6.22. The molecule has 3 rings (SSSR count). The first-order chi connectivity index (χ1) is 13.3. The van der Waals surface area contributed by atoms with Crippen molar-refractivity contribution < 1.29 is 22.3 Å². The number of fused-ring (bicyclic) bond motifs is 1. The molecular weight excluding hydrogens is 407 g/mol. The van der Waals surface area contributed by atoms with E-state index >= 15 is 0 Å². The summed E-state index contributed by atoms with van der Waals surface area (Å²) in [6.45, 7) is 0.598. The molecule has 1 amide bonds. The van der Waals surface area contributed by atoms with Gasteiger partial charge in [0.2, 0.25) is 10.0 Å². The van der Waals surface area contributed by atoms with E-state index in [9.17, 15) is 17.6 Å². The van der Waals surface area contributed by atoms with Gasteiger partial charge in [-0.1, -0.05) is 17.7 Å². The van der Waals surface area contributed by atoms with Gasteiger partial charge in [0, 0.05) is 19.6 Å². The van der Waals surface area contributed by atoms with Crippen molar-refractivity contribution in [3.63, 3.8) is 0 Å². The van der Waals surface area contributed by atoms with Crippen LogP contribution in [0.3, 0.4) is 0 Å². The molecule has 1 heterocycles. The molecule has 1 N–H and O–H groups in total. The summed E-state index contributed by atoms with van der Waals surface area (Å²) in [5, 5.41) is 2.50. The molecule has 28 heavy (non-hydrogen) atoms. The van der Waals surface area contributed by atoms with Crippen LogP contribution in [-0.4, -0.2) is 44.6 Å². The summed E-state index contributed by atoms with van der Waals surface area (Å²) in [4.78, 5) is 12.1. The summed E-state index contributed by atoms with van der Waals surface area (Å²) in [5.41, 5.74) is 2.11. The van der Waals surface area contributed by atoms with Gasteiger partial charge in [0.15, 0.2) is 0 Å². The van der Waals surface area contributed by atoms with Crippen LogP contribution >= 0.6 is 11.6 Å². The highest BCUT2D eigenvalue weighted by molar-refractivity contribution is 7.89. The topological polar surface area (TPSA) is 75.7 Å². The second-order valence-corrected chi connectivity index (χ2v) is 8.91. The quantitative estimate of drug-likeness (QED) is 0.770. The predicted molar refractivity (Wildman–Crippen MR) is 105 cm³/mol. The van der Waals surface area contributed by atoms with Crippen LogP contribution < -0.4 is 10.1 Å². The van der Waals surface area contributed by atoms with E-state index in [0.717, 1.165) is 29.0 Å². The second kappa shape index (κ2) is 8.46. The molecule has 0 aliphatic carbocycles. The summed E-state index contributed by atoms with van der Waals surface area (Å²) < 4.78 is 44.9. The van der Waals surface area contributed by atoms with E-state index in [1.165, 1.54) is 10.4 Å². The number of rotatable bonds is 6. The van der Waals surface area contributed by atoms with Crippen molar-refractivity contribution >= 4 is 27.5 Å². The average Bonchev–Trinajstić information content (AvgIpc) is 2.66. The van der Waals surface area contributed by atoms with E-state index in [-0.39, 0.29) is 22.9 Å². The summed E-state index contributed by atoms with van der Waals surface area (Å²) in [5.74, 6) is -0.580. The number of hydrogen-bond donors (Lipinski definition) is 1. The Morgan fingerprint density at radius 3 is 2.75 bits per heavy atom. The number of hydrogen-bond acceptors (Lipinski definition) is 4. The first kappa shape index (κ1) is 20.6. The van der Waals surface area contributed by atoms with Crippen LogP contribution in [0.5, 0.6) is 5.75 Å². The van der Waals surface area contributed by atoms with E-state index < -0.39 is 21.7 Å². The minimum Gasteiger partial charge on any atom is -0.497 e. The molecule has 2 aromatic carbocycles. The van der Waals surface area contributed by atoms with E-state index in [0.29, 0.717) is 19.5 Å². The van der Waals surface area contributed by atoms with Crippen LogP contribution in [0.4, 0.5) is 4.39 Å². The Bertz CT molecular complexity index is 997. The number of halogens is 2. The number of carbonyl (C=O) groups excluding carboxylic acids is 1. The van der Waals surface area contributed by atoms with Crippen molar-refractivity contribution in [2.24, 2.45) is 0 Å². The molecule has 0 fully saturated rings. The van der Waals surface area contributed by atoms with Crippen LogP contribution in [0.2, 0.25) is 5.02 Å². The van der Waals surface area contributed by atoms with Gasteiger partial charge >= 0.3 is 0 Å². The number of carbonyl (C=O) groups is 1. The molecule has 1 aliphatic rings. The lowest BCUT2D eigenvalue weighted by Gasteiger charge is -2.28. The van der Waals surface area contributed by atoms with E-state index in [4.69, 9.17) is 16.3 Å². The van der Waals surface area contributed by atoms with Crippen LogP contribution in [-0.2, 0) is 23.0 Å². The van der Waals surface area contributed by atoms with Gasteiger partial charge in [-0.05, 0) is 47.9 Å². The van der Waals surface area contributed by atoms with Gasteiger partial charge in [0.05, 0.1) is 23.4 Å². The van der Waals surface area contributed by atoms with Crippen molar-refractivity contribution in [3.8, 4) is 5.75 Å². The normalized spacial score (nSPS) is 14.4. The SMILES string of the molecule is COc1ccc2c(c1)CCN(S(=O)(=O)CCNC(=O)c1ccc(F)cc1Cl)C2. The molecule has 6 nitrogen and oxygen atoms in total. The maximum Gasteiger partial charge on any atom is 0.252 e. The zero-order chi connectivity index (χ0) is 20.3. The van der Waals surface area contributed by atoms with Crippen LogP contribution in [0, 0.1) is 5.82 Å². The third kappa shape index (κ3) is 4.63. The fourth-order valence-corrected chi connectivity index (χ4v) is 4.64. The van der Waals surface area contributed by atoms with Crippen LogP contribution in [0.1, 0.15) is 21.5 Å². The first-order valence-electron chi connectivity index (χ1n) is 8.67. The minimum atomic E-state index is -3.54. The Morgan fingerprint density at radius 2 is 2.04 bits per heavy atom. The lowest BCUT2D eigenvalue weighted by atomic mass is 10.0. The largest absolute Gasteiger partial charge is 0.497 e. The molecule has 0 aromatic heterocycles. The molecule has 0 atom stereocenters. The lowest BCUT2D eigenvalue weighted by Crippen LogP contribution is -2.40. The van der Waals surface area contributed by atoms with Gasteiger partial charge < -0.3 is 10.1 Å². The van der Waals surface area contributed by atoms with Gasteiger partial charge in [-0.3, -0.25) is 4.79 Å². The molecule has 0 radical (unpaired) electrons. The maximum atomic E-state index is 13.1. The number of nitrogens with zero attached hydrogens (tertiary/aromatic N) is 1. The molecule has 150 valence electrons. The number of benzene rings is 2. The van der Waals surface area contributed by atoms with Crippen molar-refractivity contribution in [2.75, 3.05) is 26.0 Å². The number of methoxy groups -OCH3 is 1. The molecule has 0 saturated carbocycles. The monoisotopic (exact) mass is 426 g/mol. The highest BCUT2D eigenvalue weighted by Crippen LogP contribution is 2.25. The number of sulfonamides is 1. The number of nitrogens with one attached hydrogen (secondary N) is 1. The molecular formula is C19H20ClFN2O4S. The highest BCUT2D eigenvalue weighted by atomic mass is 35.5. The van der Waals surface area contributed by atoms with Crippen molar-refractivity contribution in [1.29, 1.82) is 0 Å². The van der Waals surface area contributed by atoms with Gasteiger partial charge in [0.1, 0.15) is 11.6 Å². The van der Waals surface area contributed by atoms with E-state index in [1.807, 2.05) is 18.2 Å². The van der Waals surface area contributed by atoms with Crippen molar-refractivity contribution in [2.45, 2.75) is 13.0 Å². The Balaban J connectivity index is 1.59. The van der Waals surface area contributed by atoms with E-state index in [1.54, 1.807) is 7.11 Å². The Morgan fingerprint density at radius 1 is 1.25 bits per heavy atom. The predicted octanol–water partition coefficient (Wildman–Crippen LogP) is 2.61. The molecule has 0 saturated heterocycles. The molecule has 0 unspecified atom stereocenters. The third-order valence-electron chi connectivity index (χ3n) is 4.61. The first-order valence-corrected chi connectivity index (χ1v) is 10.7. The fourth-order valence-electron chi connectivity index (χ4n) is 3.06. The molecule has 1 aliphatic heterocycles. The highest BCUT2D eigenvalue weighted by Gasteiger charge is 2.27. The molecule has 2 aromatic rings. The molecule has 9 heteroatoms. The summed E-state index contributed by atoms with van der Waals surface area (Å²) in [6.07, 6.45) is 0.601. The zero-order valence-corrected chi connectivity index (χ0v) is 16.8. The third-order valence-corrected chi connectivity index (χ3v) is 6.74. The summed E-state index contributed by atoms with van der Waals surface area (Å²) in [7, 11) is -1.95. The van der Waals surface area contributed by atoms with Crippen LogP contribution in [0.25, 0.3) is 0 Å². The van der Waals surface area contributed by atoms with Gasteiger partial charge in [0.25, 0.3) is 5.91 Å². The van der Waals surface area contributed by atoms with Gasteiger partial charge in [-0.2, -0.15) is 4.31 Å². The summed E-state index contributed by atoms with van der Waals surface area (Å²) >= 11 is 5.85. The lowest BCUT2D eigenvalue weighted by molar-refractivity contribution is 0.0956. The number of ether oxygens (including phenoxy) is 1. The van der Waals surface area contributed by atoms with E-state index in [2.05, 4.69) is 5.32 Å². The minimum absolute atomic E-state index is 0.0246. The summed E-state index contributed by atoms with van der Waals surface area (Å²) in [6, 6.07) is 9.02. The number of amides is 1. The average molecular weight is 427 g/mol.